The zero-order valence-corrected chi connectivity index (χ0v) is 9.50. The van der Waals surface area contributed by atoms with Gasteiger partial charge < -0.3 is 10.3 Å². The summed E-state index contributed by atoms with van der Waals surface area (Å²) in [5.41, 5.74) is 6.60. The SMILES string of the molecule is Cc1csc(Cn2ccnc2CCN)n1. The maximum absolute atomic E-state index is 5.52. The predicted molar refractivity (Wildman–Crippen MR) is 60.9 cm³/mol. The van der Waals surface area contributed by atoms with Gasteiger partial charge in [-0.15, -0.1) is 11.3 Å². The Hall–Kier alpha value is -1.20. The Balaban J connectivity index is 2.13. The van der Waals surface area contributed by atoms with Gasteiger partial charge in [0.05, 0.1) is 6.54 Å². The van der Waals surface area contributed by atoms with Crippen molar-refractivity contribution in [2.75, 3.05) is 6.54 Å². The fourth-order valence-electron chi connectivity index (χ4n) is 1.46. The van der Waals surface area contributed by atoms with Gasteiger partial charge in [-0.3, -0.25) is 0 Å². The van der Waals surface area contributed by atoms with Gasteiger partial charge in [0.2, 0.25) is 0 Å². The van der Waals surface area contributed by atoms with Crippen LogP contribution in [0.15, 0.2) is 17.8 Å². The van der Waals surface area contributed by atoms with E-state index in [1.165, 1.54) is 0 Å². The highest BCUT2D eigenvalue weighted by atomic mass is 32.1. The summed E-state index contributed by atoms with van der Waals surface area (Å²) in [5, 5.41) is 3.18. The molecule has 0 amide bonds. The zero-order chi connectivity index (χ0) is 10.7. The third-order valence-corrected chi connectivity index (χ3v) is 3.09. The van der Waals surface area contributed by atoms with Crippen LogP contribution in [0.1, 0.15) is 16.5 Å². The van der Waals surface area contributed by atoms with Gasteiger partial charge in [-0.05, 0) is 13.5 Å². The summed E-state index contributed by atoms with van der Waals surface area (Å²) < 4.78 is 2.10. The van der Waals surface area contributed by atoms with Crippen molar-refractivity contribution in [2.45, 2.75) is 19.9 Å². The van der Waals surface area contributed by atoms with Crippen LogP contribution in [-0.4, -0.2) is 21.1 Å². The van der Waals surface area contributed by atoms with E-state index in [-0.39, 0.29) is 0 Å². The van der Waals surface area contributed by atoms with E-state index in [1.807, 2.05) is 19.3 Å². The highest BCUT2D eigenvalue weighted by Gasteiger charge is 2.04. The zero-order valence-electron chi connectivity index (χ0n) is 8.68. The van der Waals surface area contributed by atoms with E-state index in [2.05, 4.69) is 19.9 Å². The van der Waals surface area contributed by atoms with Crippen LogP contribution in [0.4, 0.5) is 0 Å². The predicted octanol–water partition coefficient (Wildman–Crippen LogP) is 1.20. The standard InChI is InChI=1S/C10H14N4S/c1-8-7-15-10(13-8)6-14-5-4-12-9(14)2-3-11/h4-5,7H,2-3,6,11H2,1H3. The molecule has 0 bridgehead atoms. The van der Waals surface area contributed by atoms with Crippen LogP contribution in [0.25, 0.3) is 0 Å². The molecule has 2 N–H and O–H groups in total. The molecular formula is C10H14N4S. The van der Waals surface area contributed by atoms with Gasteiger partial charge in [0.15, 0.2) is 0 Å². The van der Waals surface area contributed by atoms with Gasteiger partial charge in [0.25, 0.3) is 0 Å². The highest BCUT2D eigenvalue weighted by molar-refractivity contribution is 7.09. The summed E-state index contributed by atoms with van der Waals surface area (Å²) in [6, 6.07) is 0. The molecule has 4 nitrogen and oxygen atoms in total. The van der Waals surface area contributed by atoms with Crippen LogP contribution in [0.2, 0.25) is 0 Å². The molecule has 15 heavy (non-hydrogen) atoms. The molecule has 0 spiro atoms. The average molecular weight is 222 g/mol. The maximum atomic E-state index is 5.52. The van der Waals surface area contributed by atoms with Crippen molar-refractivity contribution in [3.63, 3.8) is 0 Å². The molecule has 0 radical (unpaired) electrons. The van der Waals surface area contributed by atoms with Crippen LogP contribution in [0.3, 0.4) is 0 Å². The van der Waals surface area contributed by atoms with Crippen molar-refractivity contribution in [3.8, 4) is 0 Å². The van der Waals surface area contributed by atoms with E-state index in [1.54, 1.807) is 11.3 Å². The molecule has 0 saturated carbocycles. The maximum Gasteiger partial charge on any atom is 0.113 e. The van der Waals surface area contributed by atoms with E-state index in [4.69, 9.17) is 5.73 Å². The first-order chi connectivity index (χ1) is 7.29. The molecule has 0 unspecified atom stereocenters. The molecule has 0 atom stereocenters. The molecule has 0 saturated heterocycles. The van der Waals surface area contributed by atoms with Gasteiger partial charge >= 0.3 is 0 Å². The van der Waals surface area contributed by atoms with E-state index < -0.39 is 0 Å². The fraction of sp³-hybridized carbons (Fsp3) is 0.400. The van der Waals surface area contributed by atoms with Crippen molar-refractivity contribution >= 4 is 11.3 Å². The Labute approximate surface area is 92.8 Å². The number of hydrogen-bond acceptors (Lipinski definition) is 4. The first-order valence-electron chi connectivity index (χ1n) is 4.90. The summed E-state index contributed by atoms with van der Waals surface area (Å²) in [5.74, 6) is 1.03. The second kappa shape index (κ2) is 4.55. The van der Waals surface area contributed by atoms with E-state index in [9.17, 15) is 0 Å². The van der Waals surface area contributed by atoms with Crippen LogP contribution in [0.5, 0.6) is 0 Å². The summed E-state index contributed by atoms with van der Waals surface area (Å²) >= 11 is 1.68. The Bertz CT molecular complexity index is 432. The molecule has 0 aromatic carbocycles. The van der Waals surface area contributed by atoms with Crippen molar-refractivity contribution in [2.24, 2.45) is 5.73 Å². The minimum absolute atomic E-state index is 0.633. The molecular weight excluding hydrogens is 208 g/mol. The second-order valence-electron chi connectivity index (χ2n) is 3.39. The average Bonchev–Trinajstić information content (AvgIpc) is 2.78. The summed E-state index contributed by atoms with van der Waals surface area (Å²) in [6.07, 6.45) is 4.60. The molecule has 2 aromatic heterocycles. The van der Waals surface area contributed by atoms with E-state index in [0.717, 1.165) is 29.5 Å². The molecule has 0 aliphatic rings. The topological polar surface area (TPSA) is 56.7 Å². The Morgan fingerprint density at radius 2 is 2.40 bits per heavy atom. The Kier molecular flexibility index (Phi) is 3.13. The third-order valence-electron chi connectivity index (χ3n) is 2.14. The molecule has 2 aromatic rings. The first-order valence-corrected chi connectivity index (χ1v) is 5.78. The molecule has 2 heterocycles. The van der Waals surface area contributed by atoms with E-state index >= 15 is 0 Å². The Morgan fingerprint density at radius 1 is 1.53 bits per heavy atom. The van der Waals surface area contributed by atoms with Crippen molar-refractivity contribution in [1.29, 1.82) is 0 Å². The smallest absolute Gasteiger partial charge is 0.113 e. The molecule has 2 rings (SSSR count). The lowest BCUT2D eigenvalue weighted by Gasteiger charge is -2.03. The highest BCUT2D eigenvalue weighted by Crippen LogP contribution is 2.11. The number of aromatic nitrogens is 3. The molecule has 80 valence electrons. The largest absolute Gasteiger partial charge is 0.330 e. The lowest BCUT2D eigenvalue weighted by molar-refractivity contribution is 0.712. The number of aryl methyl sites for hydroxylation is 1. The normalized spacial score (nSPS) is 10.8. The van der Waals surface area contributed by atoms with Crippen molar-refractivity contribution < 1.29 is 0 Å². The summed E-state index contributed by atoms with van der Waals surface area (Å²) in [4.78, 5) is 8.69. The second-order valence-corrected chi connectivity index (χ2v) is 4.34. The van der Waals surface area contributed by atoms with Crippen molar-refractivity contribution in [1.82, 2.24) is 14.5 Å². The van der Waals surface area contributed by atoms with Crippen LogP contribution in [-0.2, 0) is 13.0 Å². The number of rotatable bonds is 4. The number of nitrogens with zero attached hydrogens (tertiary/aromatic N) is 3. The lowest BCUT2D eigenvalue weighted by atomic mass is 10.4. The van der Waals surface area contributed by atoms with Crippen molar-refractivity contribution in [3.05, 3.63) is 34.3 Å². The van der Waals surface area contributed by atoms with Gasteiger partial charge in [-0.25, -0.2) is 9.97 Å². The number of nitrogens with two attached hydrogens (primary N) is 1. The summed E-state index contributed by atoms with van der Waals surface area (Å²) in [6.45, 7) is 3.44. The summed E-state index contributed by atoms with van der Waals surface area (Å²) in [7, 11) is 0. The Morgan fingerprint density at radius 3 is 3.07 bits per heavy atom. The number of hydrogen-bond donors (Lipinski definition) is 1. The number of imidazole rings is 1. The van der Waals surface area contributed by atoms with Gasteiger partial charge in [0, 0.05) is 29.9 Å². The quantitative estimate of drug-likeness (QED) is 0.845. The molecule has 0 aliphatic heterocycles. The molecule has 0 fully saturated rings. The number of thiazole rings is 1. The van der Waals surface area contributed by atoms with E-state index in [0.29, 0.717) is 6.54 Å². The monoisotopic (exact) mass is 222 g/mol. The van der Waals surface area contributed by atoms with Crippen LogP contribution in [0, 0.1) is 6.92 Å². The minimum Gasteiger partial charge on any atom is -0.330 e. The van der Waals surface area contributed by atoms with Crippen LogP contribution < -0.4 is 5.73 Å². The lowest BCUT2D eigenvalue weighted by Crippen LogP contribution is -2.10. The first kappa shape index (κ1) is 10.3. The van der Waals surface area contributed by atoms with Gasteiger partial charge in [-0.2, -0.15) is 0 Å². The fourth-order valence-corrected chi connectivity index (χ4v) is 2.23. The van der Waals surface area contributed by atoms with Gasteiger partial charge in [-0.1, -0.05) is 0 Å². The molecule has 0 aliphatic carbocycles. The van der Waals surface area contributed by atoms with Gasteiger partial charge in [0.1, 0.15) is 10.8 Å². The molecule has 5 heteroatoms. The minimum atomic E-state index is 0.633. The third kappa shape index (κ3) is 2.43. The van der Waals surface area contributed by atoms with Crippen LogP contribution >= 0.6 is 11.3 Å².